The number of aromatic nitrogens is 1. The second kappa shape index (κ2) is 5.84. The minimum atomic E-state index is -0.503. The second-order valence-electron chi connectivity index (χ2n) is 6.45. The fourth-order valence-electron chi connectivity index (χ4n) is 3.35. The number of nitrogens with zero attached hydrogens (tertiary/aromatic N) is 1. The van der Waals surface area contributed by atoms with Gasteiger partial charge < -0.3 is 9.88 Å². The van der Waals surface area contributed by atoms with Gasteiger partial charge in [-0.3, -0.25) is 9.59 Å². The number of carbonyl (C=O) groups excluding carboxylic acids is 1. The van der Waals surface area contributed by atoms with E-state index < -0.39 is 5.82 Å². The number of rotatable bonds is 1. The maximum Gasteiger partial charge on any atom is 0.257 e. The number of fused-ring (bicyclic) bond motifs is 2. The minimum absolute atomic E-state index is 0.0933. The van der Waals surface area contributed by atoms with Gasteiger partial charge in [-0.1, -0.05) is 12.1 Å². The quantitative estimate of drug-likeness (QED) is 0.742. The topological polar surface area (TPSA) is 53.2 Å². The van der Waals surface area contributed by atoms with Crippen LogP contribution in [-0.4, -0.2) is 22.3 Å². The molecule has 0 aliphatic carbocycles. The van der Waals surface area contributed by atoms with Crippen LogP contribution in [0.3, 0.4) is 0 Å². The maximum atomic E-state index is 13.9. The van der Waals surface area contributed by atoms with Crippen LogP contribution in [0.4, 0.5) is 4.39 Å². The first-order valence-corrected chi connectivity index (χ1v) is 8.22. The monoisotopic (exact) mass is 336 g/mol. The fraction of sp³-hybridized carbons (Fsp3) is 0.200. The van der Waals surface area contributed by atoms with Gasteiger partial charge in [0.1, 0.15) is 5.82 Å². The Morgan fingerprint density at radius 3 is 2.76 bits per heavy atom. The summed E-state index contributed by atoms with van der Waals surface area (Å²) in [7, 11) is 0. The molecule has 1 N–H and O–H groups in total. The van der Waals surface area contributed by atoms with E-state index in [0.717, 1.165) is 22.0 Å². The van der Waals surface area contributed by atoms with Crippen LogP contribution in [0.2, 0.25) is 0 Å². The Morgan fingerprint density at radius 1 is 1.16 bits per heavy atom. The van der Waals surface area contributed by atoms with Gasteiger partial charge in [-0.15, -0.1) is 0 Å². The van der Waals surface area contributed by atoms with E-state index in [0.29, 0.717) is 25.1 Å². The molecule has 126 valence electrons. The number of pyridine rings is 1. The lowest BCUT2D eigenvalue weighted by Crippen LogP contribution is -2.36. The summed E-state index contributed by atoms with van der Waals surface area (Å²) in [6, 6.07) is 11.9. The highest BCUT2D eigenvalue weighted by Gasteiger charge is 2.24. The average molecular weight is 336 g/mol. The molecule has 4 rings (SSSR count). The molecule has 0 radical (unpaired) electrons. The van der Waals surface area contributed by atoms with E-state index in [4.69, 9.17) is 0 Å². The molecule has 4 nitrogen and oxygen atoms in total. The Kier molecular flexibility index (Phi) is 3.64. The molecule has 1 aliphatic heterocycles. The maximum absolute atomic E-state index is 13.9. The second-order valence-corrected chi connectivity index (χ2v) is 6.45. The summed E-state index contributed by atoms with van der Waals surface area (Å²) in [6.45, 7) is 2.74. The van der Waals surface area contributed by atoms with Crippen molar-refractivity contribution in [1.29, 1.82) is 0 Å². The normalized spacial score (nSPS) is 13.8. The predicted octanol–water partition coefficient (Wildman–Crippen LogP) is 3.17. The minimum Gasteiger partial charge on any atom is -0.334 e. The Hall–Kier alpha value is -2.95. The Bertz CT molecular complexity index is 1060. The number of H-pyrrole nitrogens is 1. The molecule has 0 atom stereocenters. The highest BCUT2D eigenvalue weighted by atomic mass is 19.1. The number of hydrogen-bond acceptors (Lipinski definition) is 2. The molecule has 0 spiro atoms. The molecule has 1 amide bonds. The SMILES string of the molecule is Cc1cc2cc3c(cc2[nH]c1=O)CN(C(=O)c1ccccc1F)CC3. The number of hydrogen-bond donors (Lipinski definition) is 1. The molecule has 2 aromatic carbocycles. The summed E-state index contributed by atoms with van der Waals surface area (Å²) in [5.41, 5.74) is 3.58. The van der Waals surface area contributed by atoms with Crippen LogP contribution in [0.15, 0.2) is 47.3 Å². The number of halogens is 1. The first-order valence-electron chi connectivity index (χ1n) is 8.22. The van der Waals surface area contributed by atoms with Crippen molar-refractivity contribution in [2.75, 3.05) is 6.54 Å². The first kappa shape index (κ1) is 15.6. The molecule has 1 aliphatic rings. The molecular formula is C20H17FN2O2. The van der Waals surface area contributed by atoms with Crippen molar-refractivity contribution in [3.8, 4) is 0 Å². The van der Waals surface area contributed by atoms with E-state index >= 15 is 0 Å². The number of amides is 1. The molecule has 1 aromatic heterocycles. The summed E-state index contributed by atoms with van der Waals surface area (Å²) in [6.07, 6.45) is 0.712. The summed E-state index contributed by atoms with van der Waals surface area (Å²) in [5.74, 6) is -0.808. The number of aromatic amines is 1. The van der Waals surface area contributed by atoms with Crippen molar-refractivity contribution in [3.63, 3.8) is 0 Å². The van der Waals surface area contributed by atoms with Crippen LogP contribution in [0.5, 0.6) is 0 Å². The van der Waals surface area contributed by atoms with Crippen LogP contribution >= 0.6 is 0 Å². The van der Waals surface area contributed by atoms with Crippen LogP contribution in [0.25, 0.3) is 10.9 Å². The molecule has 25 heavy (non-hydrogen) atoms. The van der Waals surface area contributed by atoms with Gasteiger partial charge in [0.15, 0.2) is 0 Å². The molecule has 5 heteroatoms. The standard InChI is InChI=1S/C20H17FN2O2/c1-12-8-14-9-13-6-7-23(11-15(13)10-18(14)22-19(12)24)20(25)16-4-2-3-5-17(16)21/h2-5,8-10H,6-7,11H2,1H3,(H,22,24). The summed E-state index contributed by atoms with van der Waals surface area (Å²) in [4.78, 5) is 29.0. The third-order valence-electron chi connectivity index (χ3n) is 4.75. The van der Waals surface area contributed by atoms with E-state index in [1.54, 1.807) is 24.0 Å². The van der Waals surface area contributed by atoms with Gasteiger partial charge in [0, 0.05) is 24.2 Å². The molecule has 0 bridgehead atoms. The number of aryl methyl sites for hydroxylation is 1. The first-order chi connectivity index (χ1) is 12.0. The van der Waals surface area contributed by atoms with E-state index in [1.165, 1.54) is 12.1 Å². The Balaban J connectivity index is 1.70. The molecule has 3 aromatic rings. The van der Waals surface area contributed by atoms with Crippen LogP contribution in [0, 0.1) is 12.7 Å². The van der Waals surface area contributed by atoms with E-state index in [2.05, 4.69) is 11.1 Å². The van der Waals surface area contributed by atoms with Crippen LogP contribution in [-0.2, 0) is 13.0 Å². The average Bonchev–Trinajstić information content (AvgIpc) is 2.60. The Morgan fingerprint density at radius 2 is 1.96 bits per heavy atom. The zero-order valence-electron chi connectivity index (χ0n) is 13.8. The number of nitrogens with one attached hydrogen (secondary N) is 1. The van der Waals surface area contributed by atoms with Crippen molar-refractivity contribution in [3.05, 3.63) is 80.9 Å². The van der Waals surface area contributed by atoms with Crippen molar-refractivity contribution in [2.24, 2.45) is 0 Å². The van der Waals surface area contributed by atoms with E-state index in [-0.39, 0.29) is 17.0 Å². The van der Waals surface area contributed by atoms with Crippen LogP contribution < -0.4 is 5.56 Å². The summed E-state index contributed by atoms with van der Waals surface area (Å²) < 4.78 is 13.9. The number of carbonyl (C=O) groups is 1. The molecule has 0 unspecified atom stereocenters. The van der Waals surface area contributed by atoms with E-state index in [9.17, 15) is 14.0 Å². The van der Waals surface area contributed by atoms with Gasteiger partial charge >= 0.3 is 0 Å². The molecular weight excluding hydrogens is 319 g/mol. The summed E-state index contributed by atoms with van der Waals surface area (Å²) >= 11 is 0. The highest BCUT2D eigenvalue weighted by molar-refractivity contribution is 5.94. The van der Waals surface area contributed by atoms with Crippen molar-refractivity contribution < 1.29 is 9.18 Å². The predicted molar refractivity (Wildman–Crippen MR) is 94.2 cm³/mol. The lowest BCUT2D eigenvalue weighted by atomic mass is 9.96. The molecule has 0 fully saturated rings. The molecule has 2 heterocycles. The van der Waals surface area contributed by atoms with Gasteiger partial charge in [0.05, 0.1) is 5.56 Å². The highest BCUT2D eigenvalue weighted by Crippen LogP contribution is 2.25. The van der Waals surface area contributed by atoms with Crippen LogP contribution in [0.1, 0.15) is 27.0 Å². The van der Waals surface area contributed by atoms with Crippen molar-refractivity contribution >= 4 is 16.8 Å². The van der Waals surface area contributed by atoms with Gasteiger partial charge in [-0.2, -0.15) is 0 Å². The Labute approximate surface area is 143 Å². The van der Waals surface area contributed by atoms with E-state index in [1.807, 2.05) is 12.1 Å². The van der Waals surface area contributed by atoms with Gasteiger partial charge in [-0.25, -0.2) is 4.39 Å². The molecule has 0 saturated heterocycles. The van der Waals surface area contributed by atoms with Gasteiger partial charge in [0.25, 0.3) is 11.5 Å². The fourth-order valence-corrected chi connectivity index (χ4v) is 3.35. The molecule has 0 saturated carbocycles. The number of benzene rings is 2. The summed E-state index contributed by atoms with van der Waals surface area (Å²) in [5, 5.41) is 0.990. The van der Waals surface area contributed by atoms with Crippen molar-refractivity contribution in [2.45, 2.75) is 19.9 Å². The van der Waals surface area contributed by atoms with Gasteiger partial charge in [0.2, 0.25) is 0 Å². The zero-order valence-corrected chi connectivity index (χ0v) is 13.8. The third kappa shape index (κ3) is 2.71. The zero-order chi connectivity index (χ0) is 17.6. The third-order valence-corrected chi connectivity index (χ3v) is 4.75. The van der Waals surface area contributed by atoms with Gasteiger partial charge in [-0.05, 0) is 60.2 Å². The lowest BCUT2D eigenvalue weighted by Gasteiger charge is -2.29. The van der Waals surface area contributed by atoms with Crippen molar-refractivity contribution in [1.82, 2.24) is 9.88 Å². The smallest absolute Gasteiger partial charge is 0.257 e. The lowest BCUT2D eigenvalue weighted by molar-refractivity contribution is 0.0730. The largest absolute Gasteiger partial charge is 0.334 e.